The molecule has 0 aliphatic carbocycles. The summed E-state index contributed by atoms with van der Waals surface area (Å²) in [6, 6.07) is 15.7. The van der Waals surface area contributed by atoms with Gasteiger partial charge in [0.15, 0.2) is 5.76 Å². The van der Waals surface area contributed by atoms with E-state index < -0.39 is 0 Å². The summed E-state index contributed by atoms with van der Waals surface area (Å²) in [5.74, 6) is 0.698. The lowest BCUT2D eigenvalue weighted by Crippen LogP contribution is -2.04. The summed E-state index contributed by atoms with van der Waals surface area (Å²) in [6.45, 7) is 0.803. The van der Waals surface area contributed by atoms with Gasteiger partial charge in [0.1, 0.15) is 5.58 Å². The summed E-state index contributed by atoms with van der Waals surface area (Å²) in [5.41, 5.74) is 3.40. The van der Waals surface area contributed by atoms with Crippen molar-refractivity contribution in [2.45, 2.75) is 6.54 Å². The molecule has 0 atom stereocenters. The first-order valence-corrected chi connectivity index (χ1v) is 7.39. The van der Waals surface area contributed by atoms with E-state index in [2.05, 4.69) is 33.4 Å². The number of hydrogen-bond acceptors (Lipinski definition) is 3. The van der Waals surface area contributed by atoms with E-state index in [-0.39, 0.29) is 0 Å². The maximum Gasteiger partial charge on any atom is 0.150 e. The lowest BCUT2D eigenvalue weighted by Gasteiger charge is -2.00. The molecule has 1 N–H and O–H groups in total. The Hall–Kier alpha value is -2.09. The van der Waals surface area contributed by atoms with Gasteiger partial charge < -0.3 is 9.73 Å². The summed E-state index contributed by atoms with van der Waals surface area (Å²) < 4.78 is 6.83. The van der Waals surface area contributed by atoms with Crippen LogP contribution in [0, 0.1) is 11.3 Å². The van der Waals surface area contributed by atoms with Crippen LogP contribution in [-0.4, -0.2) is 7.05 Å². The first kappa shape index (κ1) is 13.9. The van der Waals surface area contributed by atoms with Crippen LogP contribution in [0.25, 0.3) is 22.3 Å². The minimum absolute atomic E-state index is 0.604. The van der Waals surface area contributed by atoms with Gasteiger partial charge >= 0.3 is 0 Å². The Balaban J connectivity index is 2.20. The Bertz CT molecular complexity index is 846. The van der Waals surface area contributed by atoms with Gasteiger partial charge in [0.2, 0.25) is 0 Å². The number of nitrogens with one attached hydrogen (secondary N) is 1. The molecule has 3 nitrogen and oxygen atoms in total. The Kier molecular flexibility index (Phi) is 3.78. The molecule has 0 amide bonds. The number of nitrogens with zero attached hydrogens (tertiary/aromatic N) is 1. The molecule has 2 aromatic carbocycles. The quantitative estimate of drug-likeness (QED) is 0.765. The molecule has 0 bridgehead atoms. The maximum absolute atomic E-state index is 9.24. The van der Waals surface area contributed by atoms with E-state index in [4.69, 9.17) is 4.42 Å². The van der Waals surface area contributed by atoms with E-state index in [1.165, 1.54) is 5.56 Å². The number of hydrogen-bond donors (Lipinski definition) is 1. The molecule has 0 saturated carbocycles. The molecule has 3 aromatic rings. The largest absolute Gasteiger partial charge is 0.455 e. The van der Waals surface area contributed by atoms with Crippen molar-refractivity contribution < 1.29 is 4.42 Å². The Morgan fingerprint density at radius 2 is 2.05 bits per heavy atom. The number of furan rings is 1. The van der Waals surface area contributed by atoms with Crippen LogP contribution in [-0.2, 0) is 6.54 Å². The number of rotatable bonds is 3. The highest BCUT2D eigenvalue weighted by Crippen LogP contribution is 2.39. The van der Waals surface area contributed by atoms with Crippen molar-refractivity contribution in [1.82, 2.24) is 5.32 Å². The van der Waals surface area contributed by atoms with Gasteiger partial charge in [-0.25, -0.2) is 0 Å². The summed E-state index contributed by atoms with van der Waals surface area (Å²) >= 11 is 3.61. The normalized spacial score (nSPS) is 10.7. The molecule has 0 radical (unpaired) electrons. The second-order valence-electron chi connectivity index (χ2n) is 4.76. The van der Waals surface area contributed by atoms with E-state index in [0.29, 0.717) is 11.3 Å². The van der Waals surface area contributed by atoms with E-state index in [1.54, 1.807) is 6.07 Å². The maximum atomic E-state index is 9.24. The average Bonchev–Trinajstić information content (AvgIpc) is 2.84. The van der Waals surface area contributed by atoms with Crippen molar-refractivity contribution in [2.24, 2.45) is 0 Å². The Morgan fingerprint density at radius 3 is 2.81 bits per heavy atom. The fourth-order valence-electron chi connectivity index (χ4n) is 2.38. The van der Waals surface area contributed by atoms with Crippen LogP contribution in [0.3, 0.4) is 0 Å². The first-order valence-electron chi connectivity index (χ1n) is 6.59. The molecule has 3 rings (SSSR count). The van der Waals surface area contributed by atoms with Crippen LogP contribution in [0.1, 0.15) is 11.1 Å². The molecule has 0 aliphatic heterocycles. The van der Waals surface area contributed by atoms with Crippen LogP contribution in [0.5, 0.6) is 0 Å². The third-order valence-corrected chi connectivity index (χ3v) is 4.15. The van der Waals surface area contributed by atoms with Crippen molar-refractivity contribution >= 4 is 26.9 Å². The van der Waals surface area contributed by atoms with E-state index in [9.17, 15) is 5.26 Å². The van der Waals surface area contributed by atoms with Crippen molar-refractivity contribution in [2.75, 3.05) is 7.05 Å². The third-order valence-electron chi connectivity index (χ3n) is 3.36. The van der Waals surface area contributed by atoms with Gasteiger partial charge in [0.05, 0.1) is 16.1 Å². The zero-order chi connectivity index (χ0) is 14.8. The van der Waals surface area contributed by atoms with Gasteiger partial charge in [-0.15, -0.1) is 0 Å². The van der Waals surface area contributed by atoms with Crippen molar-refractivity contribution in [3.63, 3.8) is 0 Å². The molecule has 0 fully saturated rings. The highest BCUT2D eigenvalue weighted by molar-refractivity contribution is 9.10. The number of halogens is 1. The molecule has 0 saturated heterocycles. The molecule has 4 heteroatoms. The topological polar surface area (TPSA) is 49.0 Å². The molecule has 1 aromatic heterocycles. The van der Waals surface area contributed by atoms with Crippen LogP contribution >= 0.6 is 15.9 Å². The van der Waals surface area contributed by atoms with Gasteiger partial charge in [0, 0.05) is 17.5 Å². The monoisotopic (exact) mass is 340 g/mol. The second-order valence-corrected chi connectivity index (χ2v) is 5.56. The smallest absolute Gasteiger partial charge is 0.150 e. The summed E-state index contributed by atoms with van der Waals surface area (Å²) in [7, 11) is 1.92. The lowest BCUT2D eigenvalue weighted by atomic mass is 10.1. The summed E-state index contributed by atoms with van der Waals surface area (Å²) in [5, 5.41) is 13.4. The van der Waals surface area contributed by atoms with Crippen molar-refractivity contribution in [3.05, 3.63) is 58.1 Å². The van der Waals surface area contributed by atoms with Crippen molar-refractivity contribution in [1.29, 1.82) is 5.26 Å². The highest BCUT2D eigenvalue weighted by Gasteiger charge is 2.16. The fraction of sp³-hybridized carbons (Fsp3) is 0.118. The van der Waals surface area contributed by atoms with Crippen molar-refractivity contribution in [3.8, 4) is 17.4 Å². The van der Waals surface area contributed by atoms with Crippen LogP contribution in [0.4, 0.5) is 0 Å². The average molecular weight is 341 g/mol. The minimum atomic E-state index is 0.604. The standard InChI is InChI=1S/C17H13BrN2O/c1-20-10-11-6-7-15-14(8-11)16(18)17(21-15)13-5-3-2-4-12(13)9-19/h2-8,20H,10H2,1H3. The molecule has 1 heterocycles. The highest BCUT2D eigenvalue weighted by atomic mass is 79.9. The SMILES string of the molecule is CNCc1ccc2oc(-c3ccccc3C#N)c(Br)c2c1. The van der Waals surface area contributed by atoms with Crippen LogP contribution in [0.2, 0.25) is 0 Å². The zero-order valence-corrected chi connectivity index (χ0v) is 13.1. The summed E-state index contributed by atoms with van der Waals surface area (Å²) in [4.78, 5) is 0. The number of nitriles is 1. The zero-order valence-electron chi connectivity index (χ0n) is 11.5. The van der Waals surface area contributed by atoms with E-state index in [1.807, 2.05) is 37.4 Å². The Labute approximate surface area is 131 Å². The number of fused-ring (bicyclic) bond motifs is 1. The van der Waals surface area contributed by atoms with Gasteiger partial charge in [-0.05, 0) is 52.8 Å². The lowest BCUT2D eigenvalue weighted by molar-refractivity contribution is 0.629. The predicted molar refractivity (Wildman–Crippen MR) is 86.8 cm³/mol. The molecule has 0 spiro atoms. The van der Waals surface area contributed by atoms with E-state index in [0.717, 1.165) is 27.6 Å². The van der Waals surface area contributed by atoms with Crippen LogP contribution < -0.4 is 5.32 Å². The molecule has 0 aliphatic rings. The van der Waals surface area contributed by atoms with Gasteiger partial charge in [-0.1, -0.05) is 18.2 Å². The molecular formula is C17H13BrN2O. The third kappa shape index (κ3) is 2.46. The minimum Gasteiger partial charge on any atom is -0.455 e. The summed E-state index contributed by atoms with van der Waals surface area (Å²) in [6.07, 6.45) is 0. The Morgan fingerprint density at radius 1 is 1.24 bits per heavy atom. The van der Waals surface area contributed by atoms with Gasteiger partial charge in [0.25, 0.3) is 0 Å². The number of benzene rings is 2. The predicted octanol–water partition coefficient (Wildman–Crippen LogP) is 4.45. The molecular weight excluding hydrogens is 328 g/mol. The molecule has 104 valence electrons. The second kappa shape index (κ2) is 5.72. The molecule has 0 unspecified atom stereocenters. The fourth-order valence-corrected chi connectivity index (χ4v) is 2.99. The molecule has 21 heavy (non-hydrogen) atoms. The first-order chi connectivity index (χ1) is 10.2. The van der Waals surface area contributed by atoms with E-state index >= 15 is 0 Å². The van der Waals surface area contributed by atoms with Gasteiger partial charge in [-0.2, -0.15) is 5.26 Å². The van der Waals surface area contributed by atoms with Crippen LogP contribution in [0.15, 0.2) is 51.4 Å². The van der Waals surface area contributed by atoms with Gasteiger partial charge in [-0.3, -0.25) is 0 Å².